The Labute approximate surface area is 116 Å². The van der Waals surface area contributed by atoms with E-state index < -0.39 is 0 Å². The molecule has 19 heavy (non-hydrogen) atoms. The van der Waals surface area contributed by atoms with Crippen LogP contribution in [0.25, 0.3) is 0 Å². The maximum atomic E-state index is 5.20. The minimum atomic E-state index is 0.161. The Morgan fingerprint density at radius 1 is 1.05 bits per heavy atom. The van der Waals surface area contributed by atoms with Gasteiger partial charge in [0.05, 0.1) is 7.11 Å². The van der Waals surface area contributed by atoms with Crippen LogP contribution >= 0.6 is 0 Å². The summed E-state index contributed by atoms with van der Waals surface area (Å²) in [4.78, 5) is 2.53. The van der Waals surface area contributed by atoms with E-state index in [-0.39, 0.29) is 11.1 Å². The summed E-state index contributed by atoms with van der Waals surface area (Å²) in [6, 6.07) is 8.38. The van der Waals surface area contributed by atoms with Gasteiger partial charge in [-0.3, -0.25) is 4.90 Å². The first-order valence-electron chi connectivity index (χ1n) is 6.94. The molecule has 0 amide bonds. The van der Waals surface area contributed by atoms with Crippen LogP contribution < -0.4 is 10.1 Å². The smallest absolute Gasteiger partial charge is 0.118 e. The van der Waals surface area contributed by atoms with Gasteiger partial charge in [-0.2, -0.15) is 0 Å². The fourth-order valence-electron chi connectivity index (χ4n) is 3.27. The SMILES string of the molecule is COc1ccc(CN2CC(C)(C)NC(C)(C)C2)cc1. The predicted octanol–water partition coefficient (Wildman–Crippen LogP) is 2.66. The van der Waals surface area contributed by atoms with E-state index in [1.165, 1.54) is 5.56 Å². The Balaban J connectivity index is 2.05. The lowest BCUT2D eigenvalue weighted by Crippen LogP contribution is -2.66. The Kier molecular flexibility index (Phi) is 3.88. The van der Waals surface area contributed by atoms with Crippen molar-refractivity contribution in [2.45, 2.75) is 45.3 Å². The number of hydrogen-bond acceptors (Lipinski definition) is 3. The van der Waals surface area contributed by atoms with Gasteiger partial charge in [-0.05, 0) is 45.4 Å². The van der Waals surface area contributed by atoms with E-state index in [1.807, 2.05) is 12.1 Å². The second-order valence-electron chi connectivity index (χ2n) is 6.89. The van der Waals surface area contributed by atoms with Gasteiger partial charge < -0.3 is 10.1 Å². The zero-order valence-corrected chi connectivity index (χ0v) is 12.8. The number of nitrogens with zero attached hydrogens (tertiary/aromatic N) is 1. The zero-order chi connectivity index (χ0) is 14.1. The molecule has 0 radical (unpaired) electrons. The first-order valence-corrected chi connectivity index (χ1v) is 6.94. The third-order valence-corrected chi connectivity index (χ3v) is 3.48. The fourth-order valence-corrected chi connectivity index (χ4v) is 3.27. The van der Waals surface area contributed by atoms with Crippen molar-refractivity contribution in [2.75, 3.05) is 20.2 Å². The van der Waals surface area contributed by atoms with E-state index >= 15 is 0 Å². The number of ether oxygens (including phenoxy) is 1. The van der Waals surface area contributed by atoms with Crippen LogP contribution in [0.5, 0.6) is 5.75 Å². The van der Waals surface area contributed by atoms with Crippen LogP contribution in [0.3, 0.4) is 0 Å². The third-order valence-electron chi connectivity index (χ3n) is 3.48. The molecule has 3 nitrogen and oxygen atoms in total. The van der Waals surface area contributed by atoms with Gasteiger partial charge in [-0.15, -0.1) is 0 Å². The number of nitrogens with one attached hydrogen (secondary N) is 1. The molecule has 0 aliphatic carbocycles. The summed E-state index contributed by atoms with van der Waals surface area (Å²) in [5, 5.41) is 3.70. The molecule has 1 N–H and O–H groups in total. The molecule has 2 rings (SSSR count). The molecule has 0 unspecified atom stereocenters. The van der Waals surface area contributed by atoms with Crippen LogP contribution in [-0.2, 0) is 6.54 Å². The van der Waals surface area contributed by atoms with Gasteiger partial charge in [-0.25, -0.2) is 0 Å². The zero-order valence-electron chi connectivity index (χ0n) is 12.8. The summed E-state index contributed by atoms with van der Waals surface area (Å²) >= 11 is 0. The molecule has 1 fully saturated rings. The molecule has 1 aromatic rings. The summed E-state index contributed by atoms with van der Waals surface area (Å²) in [5.74, 6) is 0.921. The van der Waals surface area contributed by atoms with Crippen LogP contribution in [0.4, 0.5) is 0 Å². The van der Waals surface area contributed by atoms with Crippen molar-refractivity contribution >= 4 is 0 Å². The average Bonchev–Trinajstić information content (AvgIpc) is 2.25. The summed E-state index contributed by atoms with van der Waals surface area (Å²) in [6.45, 7) is 12.2. The second-order valence-corrected chi connectivity index (χ2v) is 6.89. The molecule has 1 aromatic carbocycles. The predicted molar refractivity (Wildman–Crippen MR) is 79.6 cm³/mol. The van der Waals surface area contributed by atoms with Crippen LogP contribution in [-0.4, -0.2) is 36.2 Å². The van der Waals surface area contributed by atoms with Gasteiger partial charge in [0, 0.05) is 30.7 Å². The van der Waals surface area contributed by atoms with Crippen LogP contribution in [0.1, 0.15) is 33.3 Å². The summed E-state index contributed by atoms with van der Waals surface area (Å²) in [7, 11) is 1.70. The second kappa shape index (κ2) is 5.14. The Bertz CT molecular complexity index is 407. The number of hydrogen-bond donors (Lipinski definition) is 1. The third kappa shape index (κ3) is 3.95. The number of methoxy groups -OCH3 is 1. The number of rotatable bonds is 3. The van der Waals surface area contributed by atoms with Gasteiger partial charge >= 0.3 is 0 Å². The summed E-state index contributed by atoms with van der Waals surface area (Å²) < 4.78 is 5.20. The van der Waals surface area contributed by atoms with E-state index in [2.05, 4.69) is 50.0 Å². The van der Waals surface area contributed by atoms with E-state index in [4.69, 9.17) is 4.74 Å². The van der Waals surface area contributed by atoms with E-state index in [0.29, 0.717) is 0 Å². The van der Waals surface area contributed by atoms with Crippen molar-refractivity contribution in [3.8, 4) is 5.75 Å². The van der Waals surface area contributed by atoms with Gasteiger partial charge in [0.1, 0.15) is 5.75 Å². The molecule has 1 aliphatic heterocycles. The molecule has 0 aromatic heterocycles. The molecule has 0 spiro atoms. The van der Waals surface area contributed by atoms with Gasteiger partial charge in [0.25, 0.3) is 0 Å². The molecular formula is C16H26N2O. The highest BCUT2D eigenvalue weighted by Crippen LogP contribution is 2.23. The van der Waals surface area contributed by atoms with Crippen molar-refractivity contribution in [1.82, 2.24) is 10.2 Å². The highest BCUT2D eigenvalue weighted by Gasteiger charge is 2.36. The van der Waals surface area contributed by atoms with Gasteiger partial charge in [0.2, 0.25) is 0 Å². The van der Waals surface area contributed by atoms with Crippen molar-refractivity contribution in [2.24, 2.45) is 0 Å². The molecule has 0 saturated carbocycles. The first-order chi connectivity index (χ1) is 8.80. The highest BCUT2D eigenvalue weighted by atomic mass is 16.5. The Hall–Kier alpha value is -1.06. The number of piperazine rings is 1. The van der Waals surface area contributed by atoms with Crippen molar-refractivity contribution < 1.29 is 4.74 Å². The maximum absolute atomic E-state index is 5.20. The van der Waals surface area contributed by atoms with E-state index in [9.17, 15) is 0 Å². The maximum Gasteiger partial charge on any atom is 0.118 e. The Morgan fingerprint density at radius 3 is 2.05 bits per heavy atom. The molecule has 0 atom stereocenters. The minimum absolute atomic E-state index is 0.161. The standard InChI is InChI=1S/C16H26N2O/c1-15(2)11-18(12-16(3,4)17-15)10-13-6-8-14(19-5)9-7-13/h6-9,17H,10-12H2,1-5H3. The van der Waals surface area contributed by atoms with Crippen LogP contribution in [0, 0.1) is 0 Å². The van der Waals surface area contributed by atoms with Crippen molar-refractivity contribution in [3.05, 3.63) is 29.8 Å². The van der Waals surface area contributed by atoms with E-state index in [0.717, 1.165) is 25.4 Å². The monoisotopic (exact) mass is 262 g/mol. The fraction of sp³-hybridized carbons (Fsp3) is 0.625. The van der Waals surface area contributed by atoms with Crippen LogP contribution in [0.2, 0.25) is 0 Å². The molecule has 3 heteroatoms. The van der Waals surface area contributed by atoms with Gasteiger partial charge in [0.15, 0.2) is 0 Å². The molecule has 106 valence electrons. The molecular weight excluding hydrogens is 236 g/mol. The normalized spacial score (nSPS) is 22.2. The molecule has 1 heterocycles. The lowest BCUT2D eigenvalue weighted by molar-refractivity contribution is 0.0728. The topological polar surface area (TPSA) is 24.5 Å². The highest BCUT2D eigenvalue weighted by molar-refractivity contribution is 5.27. The largest absolute Gasteiger partial charge is 0.497 e. The summed E-state index contributed by atoms with van der Waals surface area (Å²) in [5.41, 5.74) is 1.66. The molecule has 0 bridgehead atoms. The van der Waals surface area contributed by atoms with Crippen molar-refractivity contribution in [3.63, 3.8) is 0 Å². The lowest BCUT2D eigenvalue weighted by atomic mass is 9.91. The van der Waals surface area contributed by atoms with Crippen LogP contribution in [0.15, 0.2) is 24.3 Å². The van der Waals surface area contributed by atoms with Crippen molar-refractivity contribution in [1.29, 1.82) is 0 Å². The number of benzene rings is 1. The minimum Gasteiger partial charge on any atom is -0.497 e. The quantitative estimate of drug-likeness (QED) is 0.906. The summed E-state index contributed by atoms with van der Waals surface area (Å²) in [6.07, 6.45) is 0. The average molecular weight is 262 g/mol. The lowest BCUT2D eigenvalue weighted by Gasteiger charge is -2.48. The van der Waals surface area contributed by atoms with Gasteiger partial charge in [-0.1, -0.05) is 12.1 Å². The first kappa shape index (κ1) is 14.4. The van der Waals surface area contributed by atoms with E-state index in [1.54, 1.807) is 7.11 Å². The molecule has 1 saturated heterocycles. The Morgan fingerprint density at radius 2 is 1.58 bits per heavy atom. The molecule has 1 aliphatic rings.